The maximum atomic E-state index is 13.5. The zero-order valence-corrected chi connectivity index (χ0v) is 20.3. The fourth-order valence-corrected chi connectivity index (χ4v) is 4.61. The molecule has 5 rings (SSSR count). The molecule has 2 aliphatic heterocycles. The average molecular weight is 525 g/mol. The highest BCUT2D eigenvalue weighted by atomic mass is 35.5. The van der Waals surface area contributed by atoms with Crippen molar-refractivity contribution in [3.05, 3.63) is 99.4 Å². The van der Waals surface area contributed by atoms with E-state index in [4.69, 9.17) is 27.9 Å². The monoisotopic (exact) mass is 524 g/mol. The Kier molecular flexibility index (Phi) is 6.38. The van der Waals surface area contributed by atoms with E-state index in [-0.39, 0.29) is 27.5 Å². The maximum absolute atomic E-state index is 13.5. The second kappa shape index (κ2) is 9.64. The zero-order chi connectivity index (χ0) is 25.4. The number of nitrogens with one attached hydrogen (secondary N) is 1. The summed E-state index contributed by atoms with van der Waals surface area (Å²) in [5.74, 6) is 0.210. The largest absolute Gasteiger partial charge is 0.454 e. The number of anilines is 1. The van der Waals surface area contributed by atoms with Crippen LogP contribution in [-0.4, -0.2) is 29.6 Å². The van der Waals surface area contributed by atoms with E-state index in [0.717, 1.165) is 16.1 Å². The maximum Gasteiger partial charge on any atom is 0.347 e. The lowest BCUT2D eigenvalue weighted by Gasteiger charge is -2.29. The van der Waals surface area contributed by atoms with Gasteiger partial charge < -0.3 is 15.0 Å². The molecule has 0 saturated carbocycles. The Morgan fingerprint density at radius 1 is 1.08 bits per heavy atom. The summed E-state index contributed by atoms with van der Waals surface area (Å²) >= 11 is 12.9. The highest BCUT2D eigenvalue weighted by Crippen LogP contribution is 2.40. The van der Waals surface area contributed by atoms with Gasteiger partial charge in [0.2, 0.25) is 0 Å². The molecule has 7 nitrogen and oxygen atoms in total. The van der Waals surface area contributed by atoms with Gasteiger partial charge in [0.1, 0.15) is 11.6 Å². The molecule has 0 unspecified atom stereocenters. The summed E-state index contributed by atoms with van der Waals surface area (Å²) in [5.41, 5.74) is 2.85. The van der Waals surface area contributed by atoms with E-state index in [1.54, 1.807) is 35.2 Å². The van der Waals surface area contributed by atoms with Crippen LogP contribution in [0.25, 0.3) is 0 Å². The van der Waals surface area contributed by atoms with E-state index < -0.39 is 6.03 Å². The first-order chi connectivity index (χ1) is 17.3. The minimum absolute atomic E-state index is 0.129. The normalized spacial score (nSPS) is 15.1. The number of allylic oxidation sites excluding steroid dienone is 1. The van der Waals surface area contributed by atoms with Gasteiger partial charge in [-0.2, -0.15) is 10.1 Å². The van der Waals surface area contributed by atoms with Crippen LogP contribution < -0.4 is 15.1 Å². The fourth-order valence-electron chi connectivity index (χ4n) is 4.05. The average Bonchev–Trinajstić information content (AvgIpc) is 2.83. The van der Waals surface area contributed by atoms with Crippen molar-refractivity contribution in [1.29, 1.82) is 0 Å². The van der Waals surface area contributed by atoms with Crippen molar-refractivity contribution in [2.24, 2.45) is 5.10 Å². The van der Waals surface area contributed by atoms with Crippen LogP contribution >= 0.6 is 23.2 Å². The lowest BCUT2D eigenvalue weighted by Crippen LogP contribution is -2.40. The quantitative estimate of drug-likeness (QED) is 0.434. The lowest BCUT2D eigenvalue weighted by molar-refractivity contribution is 0.0726. The van der Waals surface area contributed by atoms with E-state index in [1.807, 2.05) is 0 Å². The fraction of sp³-hybridized carbons (Fsp3) is 0.115. The van der Waals surface area contributed by atoms with Crippen LogP contribution in [-0.2, 0) is 13.0 Å². The van der Waals surface area contributed by atoms with Gasteiger partial charge in [0.15, 0.2) is 5.75 Å². The Balaban J connectivity index is 1.34. The van der Waals surface area contributed by atoms with E-state index in [1.165, 1.54) is 30.5 Å². The number of carbonyl (C=O) groups is 2. The summed E-state index contributed by atoms with van der Waals surface area (Å²) in [6.45, 7) is 4.46. The van der Waals surface area contributed by atoms with Crippen molar-refractivity contribution in [3.8, 4) is 11.5 Å². The third kappa shape index (κ3) is 4.78. The highest BCUT2D eigenvalue weighted by Gasteiger charge is 2.26. The Bertz CT molecular complexity index is 1420. The Hall–Kier alpha value is -3.88. The van der Waals surface area contributed by atoms with Crippen LogP contribution in [0.15, 0.2) is 72.0 Å². The van der Waals surface area contributed by atoms with Crippen LogP contribution in [0.1, 0.15) is 21.5 Å². The number of nitrogens with zero attached hydrogens (tertiary/aromatic N) is 3. The van der Waals surface area contributed by atoms with Gasteiger partial charge in [0, 0.05) is 18.7 Å². The number of urea groups is 1. The second-order valence-electron chi connectivity index (χ2n) is 8.28. The van der Waals surface area contributed by atoms with Gasteiger partial charge in [-0.25, -0.2) is 9.18 Å². The summed E-state index contributed by atoms with van der Waals surface area (Å²) in [4.78, 5) is 26.9. The summed E-state index contributed by atoms with van der Waals surface area (Å²) in [6, 6.07) is 13.9. The molecule has 3 aromatic rings. The molecular weight excluding hydrogens is 506 g/mol. The van der Waals surface area contributed by atoms with Crippen LogP contribution in [0.3, 0.4) is 0 Å². The van der Waals surface area contributed by atoms with Gasteiger partial charge in [-0.1, -0.05) is 41.9 Å². The zero-order valence-electron chi connectivity index (χ0n) is 18.8. The van der Waals surface area contributed by atoms with Crippen molar-refractivity contribution in [3.63, 3.8) is 0 Å². The first-order valence-electron chi connectivity index (χ1n) is 11.0. The molecule has 2 aliphatic rings. The third-order valence-corrected chi connectivity index (χ3v) is 6.31. The number of carbonyl (C=O) groups excluding carboxylic acids is 2. The number of hydrazone groups is 1. The van der Waals surface area contributed by atoms with Gasteiger partial charge in [-0.05, 0) is 60.0 Å². The molecule has 0 radical (unpaired) electrons. The van der Waals surface area contributed by atoms with E-state index in [0.29, 0.717) is 42.2 Å². The highest BCUT2D eigenvalue weighted by molar-refractivity contribution is 6.37. The first-order valence-corrected chi connectivity index (χ1v) is 11.7. The van der Waals surface area contributed by atoms with E-state index in [2.05, 4.69) is 17.0 Å². The van der Waals surface area contributed by atoms with Gasteiger partial charge in [-0.3, -0.25) is 4.79 Å². The van der Waals surface area contributed by atoms with Crippen LogP contribution in [0.4, 0.5) is 14.9 Å². The molecule has 0 atom stereocenters. The van der Waals surface area contributed by atoms with Crippen LogP contribution in [0, 0.1) is 5.82 Å². The number of fused-ring (bicyclic) bond motifs is 1. The summed E-state index contributed by atoms with van der Waals surface area (Å²) in [6.07, 6.45) is 2.02. The molecule has 0 bridgehead atoms. The van der Waals surface area contributed by atoms with Gasteiger partial charge in [-0.15, -0.1) is 0 Å². The number of ether oxygens (including phenoxy) is 1. The third-order valence-electron chi connectivity index (χ3n) is 5.74. The summed E-state index contributed by atoms with van der Waals surface area (Å²) in [5, 5.41) is 8.05. The van der Waals surface area contributed by atoms with Crippen molar-refractivity contribution >= 4 is 47.0 Å². The Morgan fingerprint density at radius 2 is 1.86 bits per heavy atom. The molecule has 0 aromatic heterocycles. The van der Waals surface area contributed by atoms with Crippen LogP contribution in [0.5, 0.6) is 11.5 Å². The smallest absolute Gasteiger partial charge is 0.347 e. The molecule has 3 amide bonds. The van der Waals surface area contributed by atoms with E-state index in [9.17, 15) is 14.0 Å². The number of hydrogen-bond donors (Lipinski definition) is 1. The van der Waals surface area contributed by atoms with Gasteiger partial charge in [0.05, 0.1) is 27.6 Å². The number of hydrogen-bond acceptors (Lipinski definition) is 4. The molecule has 0 saturated heterocycles. The molecule has 10 heteroatoms. The second-order valence-corrected chi connectivity index (χ2v) is 9.09. The molecule has 0 aliphatic carbocycles. The summed E-state index contributed by atoms with van der Waals surface area (Å²) in [7, 11) is 0. The number of halogens is 3. The summed E-state index contributed by atoms with van der Waals surface area (Å²) < 4.78 is 19.5. The molecular formula is C26H19Cl2FN4O3. The molecule has 3 aromatic carbocycles. The van der Waals surface area contributed by atoms with Gasteiger partial charge in [0.25, 0.3) is 5.91 Å². The van der Waals surface area contributed by atoms with Crippen molar-refractivity contribution < 1.29 is 18.7 Å². The van der Waals surface area contributed by atoms with Crippen molar-refractivity contribution in [2.45, 2.75) is 13.0 Å². The molecule has 0 fully saturated rings. The van der Waals surface area contributed by atoms with Crippen molar-refractivity contribution in [1.82, 2.24) is 10.2 Å². The topological polar surface area (TPSA) is 74.2 Å². The lowest BCUT2D eigenvalue weighted by atomic mass is 9.98. The molecule has 2 heterocycles. The molecule has 0 spiro atoms. The van der Waals surface area contributed by atoms with Crippen LogP contribution in [0.2, 0.25) is 10.0 Å². The SMILES string of the molecule is C=C1C=NN(c2cc(Cl)c(Oc3ccc4c(c3)CCN(Cc3cccc(F)c3)C4=O)c(Cl)c2)C(=O)N1. The number of amides is 3. The number of benzene rings is 3. The molecule has 1 N–H and O–H groups in total. The molecule has 182 valence electrons. The Morgan fingerprint density at radius 3 is 2.58 bits per heavy atom. The molecule has 36 heavy (non-hydrogen) atoms. The number of rotatable bonds is 5. The van der Waals surface area contributed by atoms with Crippen molar-refractivity contribution in [2.75, 3.05) is 11.6 Å². The van der Waals surface area contributed by atoms with E-state index >= 15 is 0 Å². The Labute approximate surface area is 216 Å². The minimum atomic E-state index is -0.492. The standard InChI is InChI=1S/C26H19Cl2FN4O3/c1-15-13-30-33(26(35)31-15)19-11-22(27)24(23(28)12-19)36-20-5-6-21-17(10-20)7-8-32(25(21)34)14-16-3-2-4-18(29)9-16/h2-6,9-13H,1,7-8,14H2,(H,31,35). The predicted octanol–water partition coefficient (Wildman–Crippen LogP) is 6.15. The first kappa shape index (κ1) is 23.8. The minimum Gasteiger partial charge on any atom is -0.454 e. The predicted molar refractivity (Wildman–Crippen MR) is 136 cm³/mol. The van der Waals surface area contributed by atoms with Gasteiger partial charge >= 0.3 is 6.03 Å².